The second-order valence-corrected chi connectivity index (χ2v) is 8.57. The van der Waals surface area contributed by atoms with Crippen molar-refractivity contribution in [2.24, 2.45) is 0 Å². The van der Waals surface area contributed by atoms with E-state index in [1.807, 2.05) is 0 Å². The van der Waals surface area contributed by atoms with Crippen LogP contribution in [-0.2, 0) is 4.57 Å². The third-order valence-corrected chi connectivity index (χ3v) is 5.54. The number of aliphatic hydroxyl groups is 1. The lowest BCUT2D eigenvalue weighted by Crippen LogP contribution is -2.29. The van der Waals surface area contributed by atoms with E-state index in [2.05, 4.69) is 0 Å². The van der Waals surface area contributed by atoms with Crippen LogP contribution < -0.4 is 9.05 Å². The Hall–Kier alpha value is -0.900. The number of aliphatic hydroxyl groups excluding tert-OH is 1. The molecule has 0 bridgehead atoms. The second-order valence-electron chi connectivity index (χ2n) is 4.26. The maximum atomic E-state index is 13.0. The molecule has 0 spiro atoms. The molecule has 0 radical (unpaired) electrons. The van der Waals surface area contributed by atoms with E-state index >= 15 is 0 Å². The van der Waals surface area contributed by atoms with Gasteiger partial charge < -0.3 is 14.2 Å². The first-order valence-corrected chi connectivity index (χ1v) is 8.90. The van der Waals surface area contributed by atoms with Gasteiger partial charge in [0.25, 0.3) is 0 Å². The summed E-state index contributed by atoms with van der Waals surface area (Å²) < 4.78 is 21.4. The summed E-state index contributed by atoms with van der Waals surface area (Å²) in [6.07, 6.45) is 0. The molecule has 22 heavy (non-hydrogen) atoms. The van der Waals surface area contributed by atoms with Crippen molar-refractivity contribution in [1.82, 2.24) is 0 Å². The lowest BCUT2D eigenvalue weighted by atomic mass is 10.3. The maximum Gasteiger partial charge on any atom is 0.463 e. The smallest absolute Gasteiger partial charge is 0.414 e. The van der Waals surface area contributed by atoms with Crippen LogP contribution in [0.15, 0.2) is 60.7 Å². The molecule has 0 saturated heterocycles. The first-order chi connectivity index (χ1) is 10.3. The summed E-state index contributed by atoms with van der Waals surface area (Å²) in [4.78, 5) is 0. The highest BCUT2D eigenvalue weighted by Crippen LogP contribution is 2.58. The number of hydrogen-bond acceptors (Lipinski definition) is 4. The molecule has 8 heteroatoms. The first-order valence-electron chi connectivity index (χ1n) is 6.15. The van der Waals surface area contributed by atoms with Gasteiger partial charge in [0.15, 0.2) is 0 Å². The quantitative estimate of drug-likeness (QED) is 0.583. The molecule has 0 heterocycles. The van der Waals surface area contributed by atoms with Gasteiger partial charge in [-0.2, -0.15) is 0 Å². The number of hydrogen-bond donors (Lipinski definition) is 1. The molecule has 2 aromatic rings. The molecule has 0 fully saturated rings. The molecular weight excluding hydrogens is 369 g/mol. The van der Waals surface area contributed by atoms with Gasteiger partial charge in [-0.25, -0.2) is 4.57 Å². The fourth-order valence-electron chi connectivity index (χ4n) is 1.55. The molecule has 2 aromatic carbocycles. The van der Waals surface area contributed by atoms with Crippen molar-refractivity contribution in [3.05, 3.63) is 60.7 Å². The molecule has 0 aromatic heterocycles. The van der Waals surface area contributed by atoms with Gasteiger partial charge in [-0.1, -0.05) is 71.2 Å². The van der Waals surface area contributed by atoms with Crippen LogP contribution in [0.1, 0.15) is 0 Å². The topological polar surface area (TPSA) is 55.8 Å². The number of halogens is 3. The van der Waals surface area contributed by atoms with Crippen LogP contribution in [0, 0.1) is 0 Å². The number of benzene rings is 2. The van der Waals surface area contributed by atoms with Crippen LogP contribution in [0.2, 0.25) is 0 Å². The average Bonchev–Trinajstić information content (AvgIpc) is 2.47. The van der Waals surface area contributed by atoms with E-state index < -0.39 is 17.2 Å². The SMILES string of the molecule is O=P(Oc1ccccc1)(Oc1ccccc1)[C@@H](O)C(Cl)(Cl)Cl. The summed E-state index contributed by atoms with van der Waals surface area (Å²) in [6, 6.07) is 16.4. The van der Waals surface area contributed by atoms with Gasteiger partial charge in [0.2, 0.25) is 9.64 Å². The molecule has 0 unspecified atom stereocenters. The molecule has 118 valence electrons. The van der Waals surface area contributed by atoms with Crippen molar-refractivity contribution >= 4 is 42.4 Å². The van der Waals surface area contributed by atoms with Crippen molar-refractivity contribution < 1.29 is 18.7 Å². The molecule has 1 atom stereocenters. The van der Waals surface area contributed by atoms with Crippen LogP contribution >= 0.6 is 42.4 Å². The lowest BCUT2D eigenvalue weighted by molar-refractivity contribution is 0.212. The van der Waals surface area contributed by atoms with Gasteiger partial charge in [0, 0.05) is 0 Å². The van der Waals surface area contributed by atoms with E-state index in [9.17, 15) is 9.67 Å². The van der Waals surface area contributed by atoms with Crippen molar-refractivity contribution in [1.29, 1.82) is 0 Å². The second kappa shape index (κ2) is 7.12. The van der Waals surface area contributed by atoms with Gasteiger partial charge in [0.05, 0.1) is 0 Å². The zero-order chi connectivity index (χ0) is 16.2. The third-order valence-electron chi connectivity index (χ3n) is 2.54. The molecule has 4 nitrogen and oxygen atoms in total. The Morgan fingerprint density at radius 3 is 1.55 bits per heavy atom. The minimum atomic E-state index is -4.22. The predicted octanol–water partition coefficient (Wildman–Crippen LogP) is 5.03. The summed E-state index contributed by atoms with van der Waals surface area (Å²) in [5, 5.41) is 10.1. The van der Waals surface area contributed by atoms with Gasteiger partial charge in [-0.05, 0) is 24.3 Å². The van der Waals surface area contributed by atoms with Crippen LogP contribution in [0.4, 0.5) is 0 Å². The molecule has 0 aliphatic rings. The predicted molar refractivity (Wildman–Crippen MR) is 88.0 cm³/mol. The molecule has 0 saturated carbocycles. The van der Waals surface area contributed by atoms with Crippen molar-refractivity contribution in [2.75, 3.05) is 0 Å². The van der Waals surface area contributed by atoms with Crippen LogP contribution in [0.25, 0.3) is 0 Å². The third kappa shape index (κ3) is 4.55. The highest BCUT2D eigenvalue weighted by molar-refractivity contribution is 7.55. The molecule has 1 N–H and O–H groups in total. The summed E-state index contributed by atoms with van der Waals surface area (Å²) in [5.41, 5.74) is 0. The minimum Gasteiger partial charge on any atom is -0.414 e. The summed E-state index contributed by atoms with van der Waals surface area (Å²) in [7, 11) is -4.22. The van der Waals surface area contributed by atoms with E-state index in [0.717, 1.165) is 0 Å². The van der Waals surface area contributed by atoms with Crippen LogP contribution in [0.3, 0.4) is 0 Å². The number of alkyl halides is 3. The van der Waals surface area contributed by atoms with E-state index in [1.165, 1.54) is 0 Å². The monoisotopic (exact) mass is 380 g/mol. The van der Waals surface area contributed by atoms with Gasteiger partial charge >= 0.3 is 7.60 Å². The Bertz CT molecular complexity index is 601. The van der Waals surface area contributed by atoms with Crippen molar-refractivity contribution in [3.63, 3.8) is 0 Å². The summed E-state index contributed by atoms with van der Waals surface area (Å²) in [6.45, 7) is 0. The number of rotatable bonds is 5. The highest BCUT2D eigenvalue weighted by atomic mass is 35.6. The Balaban J connectivity index is 2.34. The Labute approximate surface area is 143 Å². The van der Waals surface area contributed by atoms with Gasteiger partial charge in [0.1, 0.15) is 11.5 Å². The fraction of sp³-hybridized carbons (Fsp3) is 0.143. The molecule has 0 amide bonds. The summed E-state index contributed by atoms with van der Waals surface area (Å²) in [5.74, 6) is -1.53. The van der Waals surface area contributed by atoms with E-state index in [4.69, 9.17) is 43.9 Å². The van der Waals surface area contributed by atoms with Gasteiger partial charge in [-0.15, -0.1) is 0 Å². The largest absolute Gasteiger partial charge is 0.463 e. The van der Waals surface area contributed by atoms with Crippen molar-refractivity contribution in [2.45, 2.75) is 9.64 Å². The minimum absolute atomic E-state index is 0.218. The van der Waals surface area contributed by atoms with E-state index in [1.54, 1.807) is 60.7 Å². The Morgan fingerprint density at radius 2 is 1.23 bits per heavy atom. The summed E-state index contributed by atoms with van der Waals surface area (Å²) >= 11 is 16.9. The number of para-hydroxylation sites is 2. The molecule has 0 aliphatic carbocycles. The van der Waals surface area contributed by atoms with E-state index in [-0.39, 0.29) is 11.5 Å². The van der Waals surface area contributed by atoms with E-state index in [0.29, 0.717) is 0 Å². The lowest BCUT2D eigenvalue weighted by Gasteiger charge is -2.27. The van der Waals surface area contributed by atoms with Gasteiger partial charge in [-0.3, -0.25) is 0 Å². The Morgan fingerprint density at radius 1 is 0.864 bits per heavy atom. The molecule has 0 aliphatic heterocycles. The molecular formula is C14H12Cl3O4P. The zero-order valence-electron chi connectivity index (χ0n) is 11.1. The fourth-order valence-corrected chi connectivity index (χ4v) is 4.06. The normalized spacial score (nSPS) is 13.5. The van der Waals surface area contributed by atoms with Crippen LogP contribution in [0.5, 0.6) is 11.5 Å². The standard InChI is InChI=1S/C14H12Cl3O4P/c15-14(16,17)13(18)22(19,20-11-7-3-1-4-8-11)21-12-9-5-2-6-10-12/h1-10,13,18H/t13-/m1/s1. The molecule has 2 rings (SSSR count). The zero-order valence-corrected chi connectivity index (χ0v) is 14.3. The highest BCUT2D eigenvalue weighted by Gasteiger charge is 2.50. The van der Waals surface area contributed by atoms with Crippen LogP contribution in [-0.4, -0.2) is 14.7 Å². The maximum absolute atomic E-state index is 13.0. The Kier molecular flexibility index (Phi) is 5.65. The average molecular weight is 382 g/mol. The van der Waals surface area contributed by atoms with Crippen molar-refractivity contribution in [3.8, 4) is 11.5 Å². The first kappa shape index (κ1) is 17.5.